The van der Waals surface area contributed by atoms with E-state index >= 15 is 0 Å². The van der Waals surface area contributed by atoms with E-state index in [0.717, 1.165) is 63.3 Å². The first-order chi connectivity index (χ1) is 14.1. The Balaban J connectivity index is 1.52. The van der Waals surface area contributed by atoms with Crippen LogP contribution in [0.4, 0.5) is 16.2 Å². The molecule has 1 saturated heterocycles. The third-order valence-corrected chi connectivity index (χ3v) is 5.86. The summed E-state index contributed by atoms with van der Waals surface area (Å²) < 4.78 is 14.5. The first-order valence-corrected chi connectivity index (χ1v) is 10.4. The summed E-state index contributed by atoms with van der Waals surface area (Å²) in [5, 5.41) is 18.2. The first-order valence-electron chi connectivity index (χ1n) is 10.4. The van der Waals surface area contributed by atoms with Crippen LogP contribution in [0.25, 0.3) is 0 Å². The summed E-state index contributed by atoms with van der Waals surface area (Å²) >= 11 is 0. The number of hydrogen-bond acceptors (Lipinski definition) is 7. The van der Waals surface area contributed by atoms with Crippen molar-refractivity contribution in [3.05, 3.63) is 40.7 Å². The highest BCUT2D eigenvalue weighted by Crippen LogP contribution is 2.28. The highest BCUT2D eigenvalue weighted by molar-refractivity contribution is 5.40. The molecular weight excluding hydrogens is 375 g/mol. The van der Waals surface area contributed by atoms with E-state index in [9.17, 15) is 14.3 Å². The van der Waals surface area contributed by atoms with Crippen molar-refractivity contribution >= 4 is 11.8 Å². The second-order valence-electron chi connectivity index (χ2n) is 7.84. The minimum atomic E-state index is -0.529. The van der Waals surface area contributed by atoms with Crippen LogP contribution in [-0.4, -0.2) is 50.1 Å². The molecule has 8 nitrogen and oxygen atoms in total. The Hall–Kier alpha value is -2.55. The van der Waals surface area contributed by atoms with Crippen LogP contribution >= 0.6 is 0 Å². The Kier molecular flexibility index (Phi) is 6.03. The Morgan fingerprint density at radius 2 is 1.86 bits per heavy atom. The number of rotatable bonds is 5. The molecule has 2 fully saturated rings. The molecule has 0 spiro atoms. The van der Waals surface area contributed by atoms with Crippen molar-refractivity contribution in [2.45, 2.75) is 63.1 Å². The summed E-state index contributed by atoms with van der Waals surface area (Å²) in [5.74, 6) is 0.667. The Bertz CT molecular complexity index is 874. The maximum Gasteiger partial charge on any atom is 0.267 e. The monoisotopic (exact) mass is 402 g/mol. The average Bonchev–Trinajstić information content (AvgIpc) is 2.75. The predicted molar refractivity (Wildman–Crippen MR) is 107 cm³/mol. The second kappa shape index (κ2) is 8.86. The van der Waals surface area contributed by atoms with Gasteiger partial charge in [-0.3, -0.25) is 4.79 Å². The van der Waals surface area contributed by atoms with Crippen molar-refractivity contribution in [3.8, 4) is 0 Å². The van der Waals surface area contributed by atoms with Crippen LogP contribution in [-0.2, 0) is 0 Å². The molecule has 2 aliphatic rings. The Morgan fingerprint density at radius 3 is 2.66 bits per heavy atom. The average molecular weight is 402 g/mol. The Labute approximate surface area is 168 Å². The quantitative estimate of drug-likeness (QED) is 0.791. The van der Waals surface area contributed by atoms with Gasteiger partial charge in [0.1, 0.15) is 5.82 Å². The lowest BCUT2D eigenvalue weighted by Crippen LogP contribution is -2.45. The SMILES string of the molecule is O=c1ccc(N2CCCCC2CNc2ncc(F)cn2)nn1C1CCCCC1O. The molecule has 2 aromatic heterocycles. The number of aliphatic hydroxyl groups is 1. The molecule has 0 radical (unpaired) electrons. The molecule has 3 unspecified atom stereocenters. The maximum absolute atomic E-state index is 13.0. The highest BCUT2D eigenvalue weighted by atomic mass is 19.1. The van der Waals surface area contributed by atoms with Crippen LogP contribution < -0.4 is 15.8 Å². The highest BCUT2D eigenvalue weighted by Gasteiger charge is 2.28. The molecule has 1 saturated carbocycles. The molecule has 4 rings (SSSR count). The Morgan fingerprint density at radius 1 is 1.10 bits per heavy atom. The van der Waals surface area contributed by atoms with Gasteiger partial charge in [0.15, 0.2) is 5.82 Å². The zero-order valence-electron chi connectivity index (χ0n) is 16.4. The number of nitrogens with one attached hydrogen (secondary N) is 1. The van der Waals surface area contributed by atoms with Gasteiger partial charge in [-0.15, -0.1) is 0 Å². The fraction of sp³-hybridized carbons (Fsp3) is 0.600. The van der Waals surface area contributed by atoms with Gasteiger partial charge in [0.2, 0.25) is 5.95 Å². The van der Waals surface area contributed by atoms with Gasteiger partial charge in [-0.1, -0.05) is 12.8 Å². The maximum atomic E-state index is 13.0. The molecule has 1 aliphatic heterocycles. The molecule has 0 aromatic carbocycles. The van der Waals surface area contributed by atoms with E-state index in [1.54, 1.807) is 12.1 Å². The van der Waals surface area contributed by atoms with Crippen molar-refractivity contribution < 1.29 is 9.50 Å². The van der Waals surface area contributed by atoms with E-state index in [1.165, 1.54) is 4.68 Å². The molecule has 29 heavy (non-hydrogen) atoms. The predicted octanol–water partition coefficient (Wildman–Crippen LogP) is 2.12. The lowest BCUT2D eigenvalue weighted by Gasteiger charge is -2.37. The minimum absolute atomic E-state index is 0.159. The van der Waals surface area contributed by atoms with E-state index < -0.39 is 11.9 Å². The summed E-state index contributed by atoms with van der Waals surface area (Å²) in [6.07, 6.45) is 8.33. The van der Waals surface area contributed by atoms with Gasteiger partial charge < -0.3 is 15.3 Å². The van der Waals surface area contributed by atoms with Gasteiger partial charge in [0.05, 0.1) is 24.5 Å². The lowest BCUT2D eigenvalue weighted by molar-refractivity contribution is 0.0669. The van der Waals surface area contributed by atoms with Gasteiger partial charge in [0, 0.05) is 25.2 Å². The van der Waals surface area contributed by atoms with Crippen molar-refractivity contribution in [3.63, 3.8) is 0 Å². The molecule has 1 aliphatic carbocycles. The normalized spacial score (nSPS) is 25.0. The van der Waals surface area contributed by atoms with E-state index in [-0.39, 0.29) is 17.6 Å². The number of aliphatic hydroxyl groups excluding tert-OH is 1. The molecule has 9 heteroatoms. The number of aromatic nitrogens is 4. The standard InChI is InChI=1S/C20H27FN6O2/c21-14-11-22-20(23-12-14)24-13-15-5-3-4-10-26(15)18-8-9-19(29)27(25-18)16-6-1-2-7-17(16)28/h8-9,11-12,15-17,28H,1-7,10,13H2,(H,22,23,24). The first kappa shape index (κ1) is 19.8. The number of piperidine rings is 1. The van der Waals surface area contributed by atoms with E-state index in [2.05, 4.69) is 25.3 Å². The van der Waals surface area contributed by atoms with Crippen molar-refractivity contribution in [2.75, 3.05) is 23.3 Å². The largest absolute Gasteiger partial charge is 0.391 e. The summed E-state index contributed by atoms with van der Waals surface area (Å²) in [6, 6.07) is 3.21. The summed E-state index contributed by atoms with van der Waals surface area (Å²) in [6.45, 7) is 1.44. The van der Waals surface area contributed by atoms with E-state index in [1.807, 2.05) is 0 Å². The van der Waals surface area contributed by atoms with Gasteiger partial charge in [-0.2, -0.15) is 5.10 Å². The molecule has 0 amide bonds. The zero-order chi connectivity index (χ0) is 20.2. The van der Waals surface area contributed by atoms with Crippen molar-refractivity contribution in [1.82, 2.24) is 19.7 Å². The van der Waals surface area contributed by atoms with Gasteiger partial charge in [-0.25, -0.2) is 19.0 Å². The minimum Gasteiger partial charge on any atom is -0.391 e. The summed E-state index contributed by atoms with van der Waals surface area (Å²) in [5.41, 5.74) is -0.175. The molecule has 2 aromatic rings. The lowest BCUT2D eigenvalue weighted by atomic mass is 9.93. The fourth-order valence-electron chi connectivity index (χ4n) is 4.31. The fourth-order valence-corrected chi connectivity index (χ4v) is 4.31. The smallest absolute Gasteiger partial charge is 0.267 e. The van der Waals surface area contributed by atoms with Crippen LogP contribution in [0.3, 0.4) is 0 Å². The molecule has 2 N–H and O–H groups in total. The molecule has 0 bridgehead atoms. The van der Waals surface area contributed by atoms with Crippen molar-refractivity contribution in [1.29, 1.82) is 0 Å². The number of nitrogens with zero attached hydrogens (tertiary/aromatic N) is 5. The van der Waals surface area contributed by atoms with Crippen LogP contribution in [0.1, 0.15) is 51.0 Å². The summed E-state index contributed by atoms with van der Waals surface area (Å²) in [7, 11) is 0. The molecule has 156 valence electrons. The van der Waals surface area contributed by atoms with Crippen LogP contribution in [0.15, 0.2) is 29.3 Å². The van der Waals surface area contributed by atoms with E-state index in [0.29, 0.717) is 18.9 Å². The molecule has 3 heterocycles. The van der Waals surface area contributed by atoms with Gasteiger partial charge >= 0.3 is 0 Å². The number of halogens is 1. The molecular formula is C20H27FN6O2. The van der Waals surface area contributed by atoms with Crippen LogP contribution in [0.5, 0.6) is 0 Å². The third kappa shape index (κ3) is 4.55. The van der Waals surface area contributed by atoms with Gasteiger partial charge in [-0.05, 0) is 38.2 Å². The van der Waals surface area contributed by atoms with Gasteiger partial charge in [0.25, 0.3) is 5.56 Å². The number of hydrogen-bond donors (Lipinski definition) is 2. The topological polar surface area (TPSA) is 96.2 Å². The second-order valence-corrected chi connectivity index (χ2v) is 7.84. The van der Waals surface area contributed by atoms with Crippen LogP contribution in [0.2, 0.25) is 0 Å². The third-order valence-electron chi connectivity index (χ3n) is 5.86. The van der Waals surface area contributed by atoms with Crippen LogP contribution in [0, 0.1) is 5.82 Å². The van der Waals surface area contributed by atoms with Crippen molar-refractivity contribution in [2.24, 2.45) is 0 Å². The zero-order valence-corrected chi connectivity index (χ0v) is 16.4. The van der Waals surface area contributed by atoms with E-state index in [4.69, 9.17) is 0 Å². The number of anilines is 2. The molecule has 3 atom stereocenters. The summed E-state index contributed by atoms with van der Waals surface area (Å²) in [4.78, 5) is 22.5.